The Morgan fingerprint density at radius 2 is 1.87 bits per heavy atom. The van der Waals surface area contributed by atoms with Crippen LogP contribution in [0, 0.1) is 38.7 Å². The highest BCUT2D eigenvalue weighted by atomic mass is 32.2. The van der Waals surface area contributed by atoms with Crippen LogP contribution in [-0.4, -0.2) is 37.3 Å². The summed E-state index contributed by atoms with van der Waals surface area (Å²) >= 11 is 0. The zero-order chi connectivity index (χ0) is 21.9. The maximum absolute atomic E-state index is 13.3. The highest BCUT2D eigenvalue weighted by Gasteiger charge is 2.48. The SMILES string of the molecule is COc1ccccc1[C@H]1CN(S(=O)(=O)c2ccc([N+](=O)[O-])cc2)[C@H](C#N)[C@H]1CC#N. The quantitative estimate of drug-likeness (QED) is 0.511. The van der Waals surface area contributed by atoms with Crippen LogP contribution in [0.3, 0.4) is 0 Å². The van der Waals surface area contributed by atoms with Crippen LogP contribution in [-0.2, 0) is 10.0 Å². The van der Waals surface area contributed by atoms with E-state index in [0.29, 0.717) is 5.75 Å². The summed E-state index contributed by atoms with van der Waals surface area (Å²) in [7, 11) is -2.62. The van der Waals surface area contributed by atoms with Gasteiger partial charge in [-0.1, -0.05) is 18.2 Å². The fourth-order valence-corrected chi connectivity index (χ4v) is 5.43. The molecule has 0 aromatic heterocycles. The molecule has 0 N–H and O–H groups in total. The number of nitriles is 2. The summed E-state index contributed by atoms with van der Waals surface area (Å²) in [6, 6.07) is 14.7. The standard InChI is InChI=1S/C20H18N4O5S/c1-29-20-5-3-2-4-17(20)18-13-23(19(12-22)16(18)10-11-21)30(27,28)15-8-6-14(7-9-15)24(25)26/h2-9,16,18-19H,10,13H2,1H3/t16-,18-,19+/m0/s1. The Kier molecular flexibility index (Phi) is 6.01. The molecule has 0 unspecified atom stereocenters. The first kappa shape index (κ1) is 21.2. The third-order valence-corrected chi connectivity index (χ3v) is 7.12. The van der Waals surface area contributed by atoms with E-state index in [-0.39, 0.29) is 23.5 Å². The zero-order valence-corrected chi connectivity index (χ0v) is 16.8. The van der Waals surface area contributed by atoms with Crippen LogP contribution in [0.15, 0.2) is 53.4 Å². The molecule has 2 aromatic rings. The smallest absolute Gasteiger partial charge is 0.269 e. The molecule has 9 nitrogen and oxygen atoms in total. The number of sulfonamides is 1. The van der Waals surface area contributed by atoms with Gasteiger partial charge < -0.3 is 4.74 Å². The normalized spacial score (nSPS) is 21.5. The number of benzene rings is 2. The number of nitrogens with zero attached hydrogens (tertiary/aromatic N) is 4. The molecule has 0 amide bonds. The third-order valence-electron chi connectivity index (χ3n) is 5.26. The highest BCUT2D eigenvalue weighted by Crippen LogP contribution is 2.44. The van der Waals surface area contributed by atoms with Crippen molar-refractivity contribution in [3.63, 3.8) is 0 Å². The van der Waals surface area contributed by atoms with Gasteiger partial charge in [0, 0.05) is 36.9 Å². The van der Waals surface area contributed by atoms with E-state index in [1.54, 1.807) is 24.3 Å². The van der Waals surface area contributed by atoms with Gasteiger partial charge in [-0.25, -0.2) is 8.42 Å². The molecule has 3 atom stereocenters. The summed E-state index contributed by atoms with van der Waals surface area (Å²) in [5, 5.41) is 29.9. The van der Waals surface area contributed by atoms with Crippen molar-refractivity contribution in [2.45, 2.75) is 23.3 Å². The molecule has 1 aliphatic rings. The van der Waals surface area contributed by atoms with Crippen LogP contribution in [0.2, 0.25) is 0 Å². The van der Waals surface area contributed by atoms with Crippen LogP contribution < -0.4 is 4.74 Å². The van der Waals surface area contributed by atoms with Crippen molar-refractivity contribution < 1.29 is 18.1 Å². The summed E-state index contributed by atoms with van der Waals surface area (Å²) in [5.74, 6) is -0.417. The molecule has 1 heterocycles. The topological polar surface area (TPSA) is 137 Å². The number of ether oxygens (including phenoxy) is 1. The average Bonchev–Trinajstić information content (AvgIpc) is 3.13. The van der Waals surface area contributed by atoms with Crippen LogP contribution in [0.25, 0.3) is 0 Å². The predicted octanol–water partition coefficient (Wildman–Crippen LogP) is 2.81. The second kappa shape index (κ2) is 8.49. The Bertz CT molecular complexity index is 1140. The summed E-state index contributed by atoms with van der Waals surface area (Å²) in [6.07, 6.45) is -0.00672. The van der Waals surface area contributed by atoms with Gasteiger partial charge >= 0.3 is 0 Å². The number of nitro benzene ring substituents is 1. The second-order valence-corrected chi connectivity index (χ2v) is 8.66. The Morgan fingerprint density at radius 3 is 2.43 bits per heavy atom. The molecule has 30 heavy (non-hydrogen) atoms. The molecule has 3 rings (SSSR count). The molecule has 1 aliphatic heterocycles. The van der Waals surface area contributed by atoms with Gasteiger partial charge in [0.1, 0.15) is 11.8 Å². The fourth-order valence-electron chi connectivity index (χ4n) is 3.82. The van der Waals surface area contributed by atoms with Crippen molar-refractivity contribution in [2.75, 3.05) is 13.7 Å². The van der Waals surface area contributed by atoms with Gasteiger partial charge in [0.05, 0.1) is 29.1 Å². The Morgan fingerprint density at radius 1 is 1.20 bits per heavy atom. The molecule has 1 fully saturated rings. The van der Waals surface area contributed by atoms with E-state index in [1.165, 1.54) is 7.11 Å². The van der Waals surface area contributed by atoms with E-state index in [2.05, 4.69) is 6.07 Å². The first-order chi connectivity index (χ1) is 14.3. The van der Waals surface area contributed by atoms with Crippen molar-refractivity contribution in [2.24, 2.45) is 5.92 Å². The number of methoxy groups -OCH3 is 1. The first-order valence-corrected chi connectivity index (χ1v) is 10.4. The minimum Gasteiger partial charge on any atom is -0.496 e. The average molecular weight is 426 g/mol. The van der Waals surface area contributed by atoms with Crippen molar-refractivity contribution in [3.05, 3.63) is 64.2 Å². The molecule has 0 saturated carbocycles. The molecule has 154 valence electrons. The fraction of sp³-hybridized carbons (Fsp3) is 0.300. The molecule has 2 aromatic carbocycles. The molecular weight excluding hydrogens is 408 g/mol. The molecule has 0 aliphatic carbocycles. The maximum atomic E-state index is 13.3. The van der Waals surface area contributed by atoms with E-state index in [0.717, 1.165) is 34.1 Å². The van der Waals surface area contributed by atoms with Crippen molar-refractivity contribution in [3.8, 4) is 17.9 Å². The van der Waals surface area contributed by atoms with E-state index in [9.17, 15) is 29.1 Å². The van der Waals surface area contributed by atoms with Crippen molar-refractivity contribution >= 4 is 15.7 Å². The molecule has 1 saturated heterocycles. The zero-order valence-electron chi connectivity index (χ0n) is 16.0. The molecule has 0 radical (unpaired) electrons. The van der Waals surface area contributed by atoms with E-state index in [1.807, 2.05) is 6.07 Å². The lowest BCUT2D eigenvalue weighted by molar-refractivity contribution is -0.384. The van der Waals surface area contributed by atoms with Gasteiger partial charge in [-0.05, 0) is 23.8 Å². The highest BCUT2D eigenvalue weighted by molar-refractivity contribution is 7.89. The Hall–Kier alpha value is -3.47. The number of para-hydroxylation sites is 1. The first-order valence-electron chi connectivity index (χ1n) is 9.01. The number of hydrogen-bond acceptors (Lipinski definition) is 7. The minimum atomic E-state index is -4.12. The lowest BCUT2D eigenvalue weighted by atomic mass is 9.83. The third kappa shape index (κ3) is 3.71. The predicted molar refractivity (Wildman–Crippen MR) is 106 cm³/mol. The van der Waals surface area contributed by atoms with E-state index < -0.39 is 32.8 Å². The van der Waals surface area contributed by atoms with Gasteiger partial charge in [0.25, 0.3) is 5.69 Å². The largest absolute Gasteiger partial charge is 0.496 e. The lowest BCUT2D eigenvalue weighted by Gasteiger charge is -2.21. The van der Waals surface area contributed by atoms with Gasteiger partial charge in [0.2, 0.25) is 10.0 Å². The number of hydrogen-bond donors (Lipinski definition) is 0. The number of nitro groups is 1. The van der Waals surface area contributed by atoms with Crippen LogP contribution in [0.5, 0.6) is 5.75 Å². The van der Waals surface area contributed by atoms with Gasteiger partial charge in [-0.15, -0.1) is 0 Å². The molecule has 10 heteroatoms. The van der Waals surface area contributed by atoms with Crippen LogP contribution in [0.4, 0.5) is 5.69 Å². The summed E-state index contributed by atoms with van der Waals surface area (Å²) in [4.78, 5) is 10.1. The monoisotopic (exact) mass is 426 g/mol. The Balaban J connectivity index is 2.05. The van der Waals surface area contributed by atoms with Gasteiger partial charge in [0.15, 0.2) is 0 Å². The van der Waals surface area contributed by atoms with Gasteiger partial charge in [-0.2, -0.15) is 14.8 Å². The summed E-state index contributed by atoms with van der Waals surface area (Å²) in [6.45, 7) is -0.00966. The number of non-ortho nitro benzene ring substituents is 1. The van der Waals surface area contributed by atoms with E-state index >= 15 is 0 Å². The number of rotatable bonds is 6. The maximum Gasteiger partial charge on any atom is 0.269 e. The molecular formula is C20H18N4O5S. The minimum absolute atomic E-state index is 0.00672. The lowest BCUT2D eigenvalue weighted by Crippen LogP contribution is -2.36. The van der Waals surface area contributed by atoms with E-state index in [4.69, 9.17) is 4.74 Å². The van der Waals surface area contributed by atoms with Crippen molar-refractivity contribution in [1.82, 2.24) is 4.31 Å². The molecule has 0 bridgehead atoms. The second-order valence-electron chi connectivity index (χ2n) is 6.77. The van der Waals surface area contributed by atoms with Crippen LogP contribution >= 0.6 is 0 Å². The van der Waals surface area contributed by atoms with Crippen molar-refractivity contribution in [1.29, 1.82) is 10.5 Å². The Labute approximate surface area is 173 Å². The van der Waals surface area contributed by atoms with Gasteiger partial charge in [-0.3, -0.25) is 10.1 Å². The summed E-state index contributed by atoms with van der Waals surface area (Å²) in [5.41, 5.74) is 0.489. The summed E-state index contributed by atoms with van der Waals surface area (Å²) < 4.78 is 33.0. The molecule has 0 spiro atoms. The van der Waals surface area contributed by atoms with Crippen LogP contribution in [0.1, 0.15) is 17.9 Å².